The van der Waals surface area contributed by atoms with Gasteiger partial charge in [0.25, 0.3) is 0 Å². The van der Waals surface area contributed by atoms with E-state index in [9.17, 15) is 0 Å². The summed E-state index contributed by atoms with van der Waals surface area (Å²) in [5, 5.41) is 3.50. The van der Waals surface area contributed by atoms with E-state index in [-0.39, 0.29) is 12.4 Å². The molecule has 1 aliphatic heterocycles. The molecule has 1 aromatic rings. The fourth-order valence-corrected chi connectivity index (χ4v) is 3.00. The van der Waals surface area contributed by atoms with Crippen LogP contribution in [0.25, 0.3) is 0 Å². The van der Waals surface area contributed by atoms with Crippen molar-refractivity contribution in [2.45, 2.75) is 32.5 Å². The number of piperazine rings is 1. The standard InChI is InChI=1S/C15H23BrN2O2.ClH/c1-10-8-18(11(2)7-17-10)9-12-5-14(19-3)15(20-4)6-13(12)16;/h5-6,10-11,17H,7-9H2,1-4H3;1H. The SMILES string of the molecule is COc1cc(Br)c(CN2CC(C)NCC2C)cc1OC.Cl. The fraction of sp³-hybridized carbons (Fsp3) is 0.600. The van der Waals surface area contributed by atoms with Crippen LogP contribution >= 0.6 is 28.3 Å². The number of methoxy groups -OCH3 is 2. The molecule has 21 heavy (non-hydrogen) atoms. The van der Waals surface area contributed by atoms with E-state index in [1.165, 1.54) is 5.56 Å². The summed E-state index contributed by atoms with van der Waals surface area (Å²) in [5.74, 6) is 1.53. The van der Waals surface area contributed by atoms with Gasteiger partial charge in [-0.1, -0.05) is 15.9 Å². The van der Waals surface area contributed by atoms with Crippen molar-refractivity contribution in [3.05, 3.63) is 22.2 Å². The molecule has 0 saturated carbocycles. The van der Waals surface area contributed by atoms with Gasteiger partial charge < -0.3 is 14.8 Å². The topological polar surface area (TPSA) is 33.7 Å². The van der Waals surface area contributed by atoms with Crippen LogP contribution < -0.4 is 14.8 Å². The molecule has 1 N–H and O–H groups in total. The molecule has 2 atom stereocenters. The van der Waals surface area contributed by atoms with Gasteiger partial charge in [-0.15, -0.1) is 12.4 Å². The van der Waals surface area contributed by atoms with Gasteiger partial charge in [-0.3, -0.25) is 4.90 Å². The normalized spacial score (nSPS) is 22.5. The molecule has 1 aliphatic rings. The summed E-state index contributed by atoms with van der Waals surface area (Å²) in [5.41, 5.74) is 1.23. The van der Waals surface area contributed by atoms with Crippen LogP contribution in [-0.2, 0) is 6.54 Å². The van der Waals surface area contributed by atoms with Crippen molar-refractivity contribution in [2.24, 2.45) is 0 Å². The number of nitrogens with one attached hydrogen (secondary N) is 1. The minimum absolute atomic E-state index is 0. The molecule has 4 nitrogen and oxygen atoms in total. The van der Waals surface area contributed by atoms with Gasteiger partial charge in [-0.25, -0.2) is 0 Å². The van der Waals surface area contributed by atoms with Gasteiger partial charge in [0.2, 0.25) is 0 Å². The first kappa shape index (κ1) is 18.6. The molecule has 0 spiro atoms. The monoisotopic (exact) mass is 378 g/mol. The lowest BCUT2D eigenvalue weighted by molar-refractivity contribution is 0.138. The summed E-state index contributed by atoms with van der Waals surface area (Å²) in [6.45, 7) is 7.48. The third-order valence-electron chi connectivity index (χ3n) is 3.82. The number of hydrogen-bond donors (Lipinski definition) is 1. The van der Waals surface area contributed by atoms with Gasteiger partial charge in [-0.2, -0.15) is 0 Å². The third-order valence-corrected chi connectivity index (χ3v) is 4.56. The maximum atomic E-state index is 5.39. The van der Waals surface area contributed by atoms with Gasteiger partial charge >= 0.3 is 0 Å². The lowest BCUT2D eigenvalue weighted by Crippen LogP contribution is -2.53. The number of halogens is 2. The second-order valence-corrected chi connectivity index (χ2v) is 6.24. The Hall–Kier alpha value is -0.490. The molecule has 0 radical (unpaired) electrons. The molecule has 1 saturated heterocycles. The Morgan fingerprint density at radius 1 is 1.24 bits per heavy atom. The number of ether oxygens (including phenoxy) is 2. The average molecular weight is 380 g/mol. The van der Waals surface area contributed by atoms with Crippen LogP contribution in [0.15, 0.2) is 16.6 Å². The van der Waals surface area contributed by atoms with E-state index in [1.807, 2.05) is 6.07 Å². The number of nitrogens with zero attached hydrogens (tertiary/aromatic N) is 1. The maximum Gasteiger partial charge on any atom is 0.161 e. The van der Waals surface area contributed by atoms with E-state index in [1.54, 1.807) is 14.2 Å². The molecule has 0 aromatic heterocycles. The molecule has 2 rings (SSSR count). The van der Waals surface area contributed by atoms with E-state index in [0.29, 0.717) is 12.1 Å². The van der Waals surface area contributed by atoms with Crippen LogP contribution in [0.3, 0.4) is 0 Å². The molecule has 6 heteroatoms. The second-order valence-electron chi connectivity index (χ2n) is 5.39. The van der Waals surface area contributed by atoms with Gasteiger partial charge in [0.15, 0.2) is 11.5 Å². The van der Waals surface area contributed by atoms with Gasteiger partial charge in [0.05, 0.1) is 14.2 Å². The zero-order valence-electron chi connectivity index (χ0n) is 13.0. The fourth-order valence-electron chi connectivity index (χ4n) is 2.55. The van der Waals surface area contributed by atoms with Gasteiger partial charge in [0, 0.05) is 36.2 Å². The molecule has 0 bridgehead atoms. The Morgan fingerprint density at radius 2 is 1.86 bits per heavy atom. The number of rotatable bonds is 4. The quantitative estimate of drug-likeness (QED) is 0.872. The Labute approximate surface area is 141 Å². The molecular weight excluding hydrogens is 356 g/mol. The number of benzene rings is 1. The van der Waals surface area contributed by atoms with Crippen molar-refractivity contribution >= 4 is 28.3 Å². The summed E-state index contributed by atoms with van der Waals surface area (Å²) >= 11 is 3.64. The van der Waals surface area contributed by atoms with Crippen molar-refractivity contribution in [2.75, 3.05) is 27.3 Å². The molecule has 120 valence electrons. The van der Waals surface area contributed by atoms with E-state index in [4.69, 9.17) is 9.47 Å². The molecule has 1 heterocycles. The second kappa shape index (κ2) is 8.22. The summed E-state index contributed by atoms with van der Waals surface area (Å²) in [6.07, 6.45) is 0. The van der Waals surface area contributed by atoms with Crippen molar-refractivity contribution in [1.29, 1.82) is 0 Å². The Kier molecular flexibility index (Phi) is 7.27. The molecule has 1 fully saturated rings. The van der Waals surface area contributed by atoms with Crippen LogP contribution in [0.2, 0.25) is 0 Å². The summed E-state index contributed by atoms with van der Waals surface area (Å²) in [6, 6.07) is 5.10. The van der Waals surface area contributed by atoms with Crippen LogP contribution in [0.4, 0.5) is 0 Å². The molecular formula is C15H24BrClN2O2. The first-order valence-corrected chi connectivity index (χ1v) is 7.72. The first-order chi connectivity index (χ1) is 9.55. The van der Waals surface area contributed by atoms with Crippen LogP contribution in [0, 0.1) is 0 Å². The minimum atomic E-state index is 0. The van der Waals surface area contributed by atoms with Gasteiger partial charge in [0.1, 0.15) is 0 Å². The van der Waals surface area contributed by atoms with Crippen LogP contribution in [0.1, 0.15) is 19.4 Å². The summed E-state index contributed by atoms with van der Waals surface area (Å²) in [4.78, 5) is 2.49. The largest absolute Gasteiger partial charge is 0.493 e. The molecule has 1 aromatic carbocycles. The third kappa shape index (κ3) is 4.49. The smallest absolute Gasteiger partial charge is 0.161 e. The molecule has 2 unspecified atom stereocenters. The average Bonchev–Trinajstić information content (AvgIpc) is 2.44. The van der Waals surface area contributed by atoms with E-state index < -0.39 is 0 Å². The summed E-state index contributed by atoms with van der Waals surface area (Å²) in [7, 11) is 3.33. The predicted octanol–water partition coefficient (Wildman–Crippen LogP) is 3.07. The van der Waals surface area contributed by atoms with E-state index >= 15 is 0 Å². The highest BCUT2D eigenvalue weighted by Crippen LogP contribution is 2.34. The lowest BCUT2D eigenvalue weighted by atomic mass is 10.1. The molecule has 0 aliphatic carbocycles. The van der Waals surface area contributed by atoms with Crippen molar-refractivity contribution in [3.8, 4) is 11.5 Å². The zero-order chi connectivity index (χ0) is 14.7. The predicted molar refractivity (Wildman–Crippen MR) is 91.8 cm³/mol. The van der Waals surface area contributed by atoms with Crippen molar-refractivity contribution in [1.82, 2.24) is 10.2 Å². The van der Waals surface area contributed by atoms with Crippen molar-refractivity contribution in [3.63, 3.8) is 0 Å². The van der Waals surface area contributed by atoms with Crippen LogP contribution in [-0.4, -0.2) is 44.3 Å². The van der Waals surface area contributed by atoms with Crippen LogP contribution in [0.5, 0.6) is 11.5 Å². The first-order valence-electron chi connectivity index (χ1n) is 6.93. The highest BCUT2D eigenvalue weighted by Gasteiger charge is 2.23. The van der Waals surface area contributed by atoms with Gasteiger partial charge in [-0.05, 0) is 31.5 Å². The van der Waals surface area contributed by atoms with E-state index in [2.05, 4.69) is 46.1 Å². The van der Waals surface area contributed by atoms with Crippen molar-refractivity contribution < 1.29 is 9.47 Å². The lowest BCUT2D eigenvalue weighted by Gasteiger charge is -2.37. The highest BCUT2D eigenvalue weighted by molar-refractivity contribution is 9.10. The molecule has 0 amide bonds. The summed E-state index contributed by atoms with van der Waals surface area (Å²) < 4.78 is 11.8. The number of hydrogen-bond acceptors (Lipinski definition) is 4. The highest BCUT2D eigenvalue weighted by atomic mass is 79.9. The maximum absolute atomic E-state index is 5.39. The zero-order valence-corrected chi connectivity index (χ0v) is 15.4. The van der Waals surface area contributed by atoms with E-state index in [0.717, 1.165) is 35.6 Å². The Morgan fingerprint density at radius 3 is 2.48 bits per heavy atom. The minimum Gasteiger partial charge on any atom is -0.493 e. The Bertz CT molecular complexity index is 473. The Balaban J connectivity index is 0.00000220.